The molecule has 2 fully saturated rings. The van der Waals surface area contributed by atoms with Crippen molar-refractivity contribution in [2.75, 3.05) is 18.9 Å². The van der Waals surface area contributed by atoms with Gasteiger partial charge in [-0.2, -0.15) is 0 Å². The molecule has 0 aromatic carbocycles. The Labute approximate surface area is 166 Å². The van der Waals surface area contributed by atoms with Crippen molar-refractivity contribution >= 4 is 22.8 Å². The highest BCUT2D eigenvalue weighted by Gasteiger charge is 2.45. The number of amides is 1. The minimum atomic E-state index is -1.34. The van der Waals surface area contributed by atoms with Crippen LogP contribution in [-0.4, -0.2) is 92.4 Å². The van der Waals surface area contributed by atoms with Crippen molar-refractivity contribution in [2.24, 2.45) is 0 Å². The first-order valence-corrected chi connectivity index (χ1v) is 9.52. The molecule has 2 aromatic heterocycles. The Morgan fingerprint density at radius 2 is 2.07 bits per heavy atom. The Bertz CT molecular complexity index is 867. The van der Waals surface area contributed by atoms with Crippen molar-refractivity contribution in [3.05, 3.63) is 18.7 Å². The molecule has 2 aliphatic heterocycles. The maximum atomic E-state index is 12.6. The predicted molar refractivity (Wildman–Crippen MR) is 101 cm³/mol. The molecule has 0 radical (unpaired) electrons. The van der Waals surface area contributed by atoms with Gasteiger partial charge < -0.3 is 35.1 Å². The van der Waals surface area contributed by atoms with E-state index in [1.165, 1.54) is 12.6 Å². The number of aliphatic hydroxyl groups is 3. The van der Waals surface area contributed by atoms with Gasteiger partial charge in [0.05, 0.1) is 24.5 Å². The highest BCUT2D eigenvalue weighted by atomic mass is 16.5. The van der Waals surface area contributed by atoms with Crippen LogP contribution >= 0.6 is 0 Å². The van der Waals surface area contributed by atoms with Crippen molar-refractivity contribution in [3.63, 3.8) is 0 Å². The first-order valence-electron chi connectivity index (χ1n) is 9.52. The molecular formula is C18H25N5O6. The molecule has 11 nitrogen and oxygen atoms in total. The lowest BCUT2D eigenvalue weighted by Crippen LogP contribution is -2.65. The highest BCUT2D eigenvalue weighted by molar-refractivity contribution is 5.83. The number of aliphatic hydroxyl groups excluding tert-OH is 3. The smallest absolute Gasteiger partial charge is 0.240 e. The van der Waals surface area contributed by atoms with E-state index in [2.05, 4.69) is 20.6 Å². The largest absolute Gasteiger partial charge is 0.459 e. The molecule has 0 saturated carbocycles. The zero-order valence-corrected chi connectivity index (χ0v) is 16.1. The number of hydrogen-bond acceptors (Lipinski definition) is 10. The van der Waals surface area contributed by atoms with Crippen LogP contribution in [0.5, 0.6) is 0 Å². The molecule has 1 amide bonds. The Morgan fingerprint density at radius 1 is 1.28 bits per heavy atom. The van der Waals surface area contributed by atoms with Gasteiger partial charge in [0.1, 0.15) is 30.1 Å². The van der Waals surface area contributed by atoms with Crippen LogP contribution in [0.4, 0.5) is 5.82 Å². The van der Waals surface area contributed by atoms with Crippen LogP contribution in [0.15, 0.2) is 23.1 Å². The molecule has 2 aliphatic rings. The monoisotopic (exact) mass is 407 g/mol. The lowest BCUT2D eigenvalue weighted by molar-refractivity contribution is -0.173. The van der Waals surface area contributed by atoms with Crippen molar-refractivity contribution in [3.8, 4) is 0 Å². The van der Waals surface area contributed by atoms with E-state index >= 15 is 0 Å². The molecule has 0 aliphatic carbocycles. The van der Waals surface area contributed by atoms with E-state index in [1.807, 2.05) is 0 Å². The lowest BCUT2D eigenvalue weighted by Gasteiger charge is -2.42. The zero-order chi connectivity index (χ0) is 20.7. The number of rotatable bonds is 4. The minimum absolute atomic E-state index is 0.321. The van der Waals surface area contributed by atoms with Crippen molar-refractivity contribution in [2.45, 2.75) is 56.1 Å². The third-order valence-corrected chi connectivity index (χ3v) is 5.61. The number of aromatic nitrogens is 2. The number of anilines is 1. The molecular weight excluding hydrogens is 382 g/mol. The number of hydrogen-bond donors (Lipinski definition) is 5. The maximum Gasteiger partial charge on any atom is 0.240 e. The van der Waals surface area contributed by atoms with E-state index in [1.54, 1.807) is 24.9 Å². The number of fused-ring (bicyclic) bond motifs is 1. The van der Waals surface area contributed by atoms with Crippen molar-refractivity contribution in [1.82, 2.24) is 20.2 Å². The number of nitrogens with one attached hydrogen (secondary N) is 2. The number of furan rings is 1. The van der Waals surface area contributed by atoms with Crippen LogP contribution in [0.25, 0.3) is 11.1 Å². The Hall–Kier alpha value is -2.31. The Kier molecular flexibility index (Phi) is 5.40. The van der Waals surface area contributed by atoms with Crippen LogP contribution in [0.2, 0.25) is 0 Å². The lowest BCUT2D eigenvalue weighted by atomic mass is 9.95. The average Bonchev–Trinajstić information content (AvgIpc) is 3.30. The SMILES string of the molecule is C[C@@H]1O[C@H](Nc2ncnc3ccoc23)[C@@H](O)[C@H](O)[C@H]1NC(=O)[C@H]1[C@@H](O)CCN1C. The fraction of sp³-hybridized carbons (Fsp3) is 0.611. The standard InChI is InChI=1S/C18H25N5O6/c1-8-11(21-17(27)12-10(24)3-5-23(12)2)13(25)14(26)18(29-8)22-16-15-9(4-6-28-15)19-7-20-16/h4,6-8,10-14,18,24-26H,3,5H2,1-2H3,(H,21,27)(H,19,20,22)/t8-,10-,11-,12+,13+,14-,18-/m0/s1. The highest BCUT2D eigenvalue weighted by Crippen LogP contribution is 2.26. The molecule has 158 valence electrons. The second-order valence-electron chi connectivity index (χ2n) is 7.56. The first-order chi connectivity index (χ1) is 13.9. The van der Waals surface area contributed by atoms with Gasteiger partial charge in [0.2, 0.25) is 5.91 Å². The summed E-state index contributed by atoms with van der Waals surface area (Å²) in [6, 6.07) is 0.138. The van der Waals surface area contributed by atoms with E-state index in [-0.39, 0.29) is 0 Å². The summed E-state index contributed by atoms with van der Waals surface area (Å²) < 4.78 is 11.2. The molecule has 4 heterocycles. The van der Waals surface area contributed by atoms with E-state index in [0.29, 0.717) is 29.9 Å². The van der Waals surface area contributed by atoms with Gasteiger partial charge in [0.15, 0.2) is 17.6 Å². The topological polar surface area (TPSA) is 153 Å². The summed E-state index contributed by atoms with van der Waals surface area (Å²) >= 11 is 0. The number of likely N-dealkylation sites (tertiary alicyclic amines) is 1. The summed E-state index contributed by atoms with van der Waals surface area (Å²) in [5, 5.41) is 36.9. The number of carbonyl (C=O) groups excluding carboxylic acids is 1. The summed E-state index contributed by atoms with van der Waals surface area (Å²) in [5.74, 6) is -0.0923. The number of carbonyl (C=O) groups is 1. The fourth-order valence-corrected chi connectivity index (χ4v) is 3.97. The molecule has 5 N–H and O–H groups in total. The molecule has 7 atom stereocenters. The molecule has 4 rings (SSSR count). The third kappa shape index (κ3) is 3.67. The Balaban J connectivity index is 1.45. The summed E-state index contributed by atoms with van der Waals surface area (Å²) in [4.78, 5) is 22.5. The van der Waals surface area contributed by atoms with Crippen molar-refractivity contribution < 1.29 is 29.3 Å². The zero-order valence-electron chi connectivity index (χ0n) is 16.1. The second-order valence-corrected chi connectivity index (χ2v) is 7.56. The van der Waals surface area contributed by atoms with E-state index < -0.39 is 48.6 Å². The van der Waals surface area contributed by atoms with Gasteiger partial charge in [-0.05, 0) is 20.4 Å². The maximum absolute atomic E-state index is 12.6. The van der Waals surface area contributed by atoms with E-state index in [4.69, 9.17) is 9.15 Å². The van der Waals surface area contributed by atoms with Crippen LogP contribution < -0.4 is 10.6 Å². The van der Waals surface area contributed by atoms with Gasteiger partial charge in [-0.25, -0.2) is 9.97 Å². The second kappa shape index (κ2) is 7.84. The van der Waals surface area contributed by atoms with Crippen LogP contribution in [-0.2, 0) is 9.53 Å². The molecule has 2 saturated heterocycles. The number of ether oxygens (including phenoxy) is 1. The predicted octanol–water partition coefficient (Wildman–Crippen LogP) is -1.35. The molecule has 29 heavy (non-hydrogen) atoms. The average molecular weight is 407 g/mol. The molecule has 0 unspecified atom stereocenters. The number of likely N-dealkylation sites (N-methyl/N-ethyl adjacent to an activating group) is 1. The van der Waals surface area contributed by atoms with Gasteiger partial charge in [-0.1, -0.05) is 0 Å². The normalized spacial score (nSPS) is 35.7. The number of nitrogens with zero attached hydrogens (tertiary/aromatic N) is 3. The first kappa shape index (κ1) is 20.0. The summed E-state index contributed by atoms with van der Waals surface area (Å²) in [6.45, 7) is 2.29. The van der Waals surface area contributed by atoms with Crippen LogP contribution in [0.1, 0.15) is 13.3 Å². The van der Waals surface area contributed by atoms with Crippen LogP contribution in [0.3, 0.4) is 0 Å². The van der Waals surface area contributed by atoms with Crippen LogP contribution in [0, 0.1) is 0 Å². The van der Waals surface area contributed by atoms with Gasteiger partial charge in [-0.3, -0.25) is 9.69 Å². The summed E-state index contributed by atoms with van der Waals surface area (Å²) in [5.41, 5.74) is 0.991. The molecule has 0 bridgehead atoms. The van der Waals surface area contributed by atoms with Gasteiger partial charge >= 0.3 is 0 Å². The third-order valence-electron chi connectivity index (χ3n) is 5.61. The molecule has 11 heteroatoms. The summed E-state index contributed by atoms with van der Waals surface area (Å²) in [6.07, 6.45) is -1.68. The fourth-order valence-electron chi connectivity index (χ4n) is 3.97. The van der Waals surface area contributed by atoms with E-state index in [9.17, 15) is 20.1 Å². The quantitative estimate of drug-likeness (QED) is 0.411. The van der Waals surface area contributed by atoms with Gasteiger partial charge in [-0.15, -0.1) is 0 Å². The molecule has 2 aromatic rings. The van der Waals surface area contributed by atoms with Gasteiger partial charge in [0.25, 0.3) is 0 Å². The van der Waals surface area contributed by atoms with Crippen molar-refractivity contribution in [1.29, 1.82) is 0 Å². The van der Waals surface area contributed by atoms with E-state index in [0.717, 1.165) is 0 Å². The summed E-state index contributed by atoms with van der Waals surface area (Å²) in [7, 11) is 1.75. The molecule has 0 spiro atoms. The Morgan fingerprint density at radius 3 is 2.79 bits per heavy atom. The van der Waals surface area contributed by atoms with Gasteiger partial charge in [0, 0.05) is 12.6 Å². The minimum Gasteiger partial charge on any atom is -0.459 e.